The Morgan fingerprint density at radius 2 is 0.516 bits per heavy atom. The topological polar surface area (TPSA) is 9.86 Å². The van der Waals surface area contributed by atoms with E-state index in [1.165, 1.54) is 120 Å². The Morgan fingerprint density at radius 3 is 0.790 bits per heavy atom. The minimum absolute atomic E-state index is 0.0475. The number of benzene rings is 9. The second-order valence-corrected chi connectivity index (χ2v) is 22.3. The minimum atomic E-state index is 0.0475. The average Bonchev–Trinajstić information content (AvgIpc) is 3.72. The number of aromatic nitrogens is 2. The molecule has 0 aliphatic rings. The minimum Gasteiger partial charge on any atom is -0.309 e. The number of rotatable bonds is 2. The summed E-state index contributed by atoms with van der Waals surface area (Å²) in [6.07, 6.45) is 0. The first-order chi connectivity index (χ1) is 29.3. The second kappa shape index (κ2) is 12.7. The molecular weight excluding hydrogens is 749 g/mol. The lowest BCUT2D eigenvalue weighted by molar-refractivity contribution is 0.590. The van der Waals surface area contributed by atoms with E-state index in [4.69, 9.17) is 0 Å². The normalized spacial score (nSPS) is 13.5. The molecule has 0 aliphatic carbocycles. The molecule has 0 N–H and O–H groups in total. The number of nitrogens with zero attached hydrogens (tertiary/aromatic N) is 2. The van der Waals surface area contributed by atoms with E-state index in [1.54, 1.807) is 0 Å². The molecule has 0 unspecified atom stereocenters. The molecule has 0 bridgehead atoms. The SMILES string of the molecule is CC(C)(C)c1ccc2c(c1)c1cc(C(C)(C)C)ccc1n2-c1ccc2c3cccc4c(-n5c6ccc(C(C)(C)C)cc6c6cc(C(C)(C)C)ccc65)ccc(c5cccc1c52)c43. The van der Waals surface area contributed by atoms with Gasteiger partial charge in [-0.3, -0.25) is 0 Å². The van der Waals surface area contributed by atoms with Crippen molar-refractivity contribution in [2.75, 3.05) is 0 Å². The Bertz CT molecular complexity index is 3240. The van der Waals surface area contributed by atoms with Gasteiger partial charge in [0.2, 0.25) is 0 Å². The van der Waals surface area contributed by atoms with Gasteiger partial charge in [-0.15, -0.1) is 0 Å². The summed E-state index contributed by atoms with van der Waals surface area (Å²) in [5, 5.41) is 15.7. The van der Waals surface area contributed by atoms with E-state index in [2.05, 4.69) is 226 Å². The lowest BCUT2D eigenvalue weighted by Crippen LogP contribution is -2.10. The van der Waals surface area contributed by atoms with Gasteiger partial charge in [0.05, 0.1) is 33.4 Å². The zero-order valence-corrected chi connectivity index (χ0v) is 38.6. The Hall–Kier alpha value is -6.12. The molecule has 0 atom stereocenters. The van der Waals surface area contributed by atoms with Crippen LogP contribution in [0.4, 0.5) is 0 Å². The zero-order chi connectivity index (χ0) is 43.4. The molecule has 0 saturated carbocycles. The fourth-order valence-electron chi connectivity index (χ4n) is 10.5. The molecule has 2 nitrogen and oxygen atoms in total. The van der Waals surface area contributed by atoms with E-state index in [0.717, 1.165) is 0 Å². The first-order valence-electron chi connectivity index (χ1n) is 22.6. The van der Waals surface area contributed by atoms with Crippen molar-refractivity contribution < 1.29 is 0 Å². The highest BCUT2D eigenvalue weighted by Gasteiger charge is 2.25. The standard InChI is InChI=1S/C60H58N2/c1-57(2,3)35-19-25-51-45(31-35)46-32-36(58(4,5)6)20-26-52(46)61(51)49-29-23-41-40-16-14-18-44-50(30-24-42(56(40)44)39-15-13-17-43(49)55(39)41)62-53-27-21-37(59(7,8)9)33-47(53)48-34-38(60(10,11)12)22-28-54(48)62/h13-34H,1-12H3. The van der Waals surface area contributed by atoms with Crippen molar-refractivity contribution >= 4 is 86.7 Å². The van der Waals surface area contributed by atoms with Gasteiger partial charge in [0.15, 0.2) is 0 Å². The lowest BCUT2D eigenvalue weighted by atomic mass is 9.85. The molecule has 2 heteroatoms. The Labute approximate surface area is 366 Å². The van der Waals surface area contributed by atoms with Crippen molar-refractivity contribution in [1.82, 2.24) is 9.13 Å². The predicted molar refractivity (Wildman–Crippen MR) is 271 cm³/mol. The highest BCUT2D eigenvalue weighted by molar-refractivity contribution is 6.34. The fourth-order valence-corrected chi connectivity index (χ4v) is 10.5. The summed E-state index contributed by atoms with van der Waals surface area (Å²) in [6, 6.07) is 52.1. The van der Waals surface area contributed by atoms with E-state index in [0.29, 0.717) is 0 Å². The van der Waals surface area contributed by atoms with Crippen molar-refractivity contribution in [3.8, 4) is 11.4 Å². The predicted octanol–water partition coefficient (Wildman–Crippen LogP) is 17.1. The highest BCUT2D eigenvalue weighted by Crippen LogP contribution is 2.47. The molecule has 0 aliphatic heterocycles. The van der Waals surface area contributed by atoms with E-state index >= 15 is 0 Å². The monoisotopic (exact) mass is 806 g/mol. The van der Waals surface area contributed by atoms with Crippen LogP contribution in [0.5, 0.6) is 0 Å². The van der Waals surface area contributed by atoms with Crippen LogP contribution in [0, 0.1) is 0 Å². The first kappa shape index (κ1) is 38.8. The third-order valence-corrected chi connectivity index (χ3v) is 14.1. The van der Waals surface area contributed by atoms with Crippen LogP contribution in [0.2, 0.25) is 0 Å². The lowest BCUT2D eigenvalue weighted by Gasteiger charge is -2.21. The molecule has 0 fully saturated rings. The third kappa shape index (κ3) is 5.61. The average molecular weight is 807 g/mol. The van der Waals surface area contributed by atoms with Crippen LogP contribution in [0.25, 0.3) is 98.1 Å². The Balaban J connectivity index is 1.19. The van der Waals surface area contributed by atoms with Crippen molar-refractivity contribution in [3.63, 3.8) is 0 Å². The maximum Gasteiger partial charge on any atom is 0.0541 e. The van der Waals surface area contributed by atoms with Crippen LogP contribution >= 0.6 is 0 Å². The van der Waals surface area contributed by atoms with Gasteiger partial charge >= 0.3 is 0 Å². The van der Waals surface area contributed by atoms with Gasteiger partial charge < -0.3 is 9.13 Å². The first-order valence-corrected chi connectivity index (χ1v) is 22.6. The quantitative estimate of drug-likeness (QED) is 0.122. The maximum atomic E-state index is 2.53. The van der Waals surface area contributed by atoms with E-state index in [1.807, 2.05) is 0 Å². The zero-order valence-electron chi connectivity index (χ0n) is 38.6. The highest BCUT2D eigenvalue weighted by atomic mass is 15.0. The largest absolute Gasteiger partial charge is 0.309 e. The fraction of sp³-hybridized carbons (Fsp3) is 0.267. The molecular formula is C60H58N2. The molecule has 0 saturated heterocycles. The van der Waals surface area contributed by atoms with Crippen LogP contribution in [-0.2, 0) is 21.7 Å². The van der Waals surface area contributed by atoms with Crippen molar-refractivity contribution in [2.24, 2.45) is 0 Å². The van der Waals surface area contributed by atoms with Crippen LogP contribution in [-0.4, -0.2) is 9.13 Å². The molecule has 62 heavy (non-hydrogen) atoms. The van der Waals surface area contributed by atoms with Crippen LogP contribution in [0.15, 0.2) is 133 Å². The molecule has 308 valence electrons. The summed E-state index contributed by atoms with van der Waals surface area (Å²) < 4.78 is 5.06. The van der Waals surface area contributed by atoms with E-state index < -0.39 is 0 Å². The van der Waals surface area contributed by atoms with Crippen LogP contribution in [0.3, 0.4) is 0 Å². The summed E-state index contributed by atoms with van der Waals surface area (Å²) in [5.41, 5.74) is 13.1. The molecule has 11 rings (SSSR count). The van der Waals surface area contributed by atoms with Crippen molar-refractivity contribution in [3.05, 3.63) is 156 Å². The smallest absolute Gasteiger partial charge is 0.0541 e. The summed E-state index contributed by atoms with van der Waals surface area (Å²) in [5.74, 6) is 0. The molecule has 0 amide bonds. The number of hydrogen-bond acceptors (Lipinski definition) is 0. The molecule has 0 radical (unpaired) electrons. The van der Waals surface area contributed by atoms with E-state index in [9.17, 15) is 0 Å². The molecule has 2 heterocycles. The second-order valence-electron chi connectivity index (χ2n) is 22.3. The van der Waals surface area contributed by atoms with Gasteiger partial charge in [0, 0.05) is 32.3 Å². The van der Waals surface area contributed by atoms with Crippen LogP contribution in [0.1, 0.15) is 105 Å². The summed E-state index contributed by atoms with van der Waals surface area (Å²) >= 11 is 0. The van der Waals surface area contributed by atoms with Gasteiger partial charge in [-0.2, -0.15) is 0 Å². The van der Waals surface area contributed by atoms with Gasteiger partial charge in [-0.25, -0.2) is 0 Å². The van der Waals surface area contributed by atoms with Gasteiger partial charge in [-0.1, -0.05) is 156 Å². The Morgan fingerprint density at radius 1 is 0.258 bits per heavy atom. The summed E-state index contributed by atoms with van der Waals surface area (Å²) in [7, 11) is 0. The van der Waals surface area contributed by atoms with Gasteiger partial charge in [-0.05, 0) is 137 Å². The van der Waals surface area contributed by atoms with Gasteiger partial charge in [0.1, 0.15) is 0 Å². The van der Waals surface area contributed by atoms with Crippen molar-refractivity contribution in [1.29, 1.82) is 0 Å². The summed E-state index contributed by atoms with van der Waals surface area (Å²) in [4.78, 5) is 0. The van der Waals surface area contributed by atoms with E-state index in [-0.39, 0.29) is 21.7 Å². The maximum absolute atomic E-state index is 2.53. The Kier molecular flexibility index (Phi) is 7.96. The molecule has 11 aromatic rings. The van der Waals surface area contributed by atoms with Crippen molar-refractivity contribution in [2.45, 2.75) is 105 Å². The number of hydrogen-bond donors (Lipinski definition) is 0. The number of fused-ring (bicyclic) bond motifs is 8. The molecule has 2 aromatic heterocycles. The third-order valence-electron chi connectivity index (χ3n) is 14.1. The molecule has 0 spiro atoms. The molecule has 9 aromatic carbocycles. The summed E-state index contributed by atoms with van der Waals surface area (Å²) in [6.45, 7) is 27.8. The van der Waals surface area contributed by atoms with Gasteiger partial charge in [0.25, 0.3) is 0 Å². The van der Waals surface area contributed by atoms with Crippen LogP contribution < -0.4 is 0 Å².